The van der Waals surface area contributed by atoms with Gasteiger partial charge in [-0.15, -0.1) is 0 Å². The van der Waals surface area contributed by atoms with E-state index in [-0.39, 0.29) is 12.2 Å². The second-order valence-electron chi connectivity index (χ2n) is 3.73. The number of rotatable bonds is 6. The number of nitrogens with zero attached hydrogens (tertiary/aromatic N) is 1. The maximum absolute atomic E-state index is 10.6. The molecule has 0 bridgehead atoms. The maximum Gasteiger partial charge on any atom is 0.338 e. The highest BCUT2D eigenvalue weighted by molar-refractivity contribution is 5.87. The molecule has 0 aliphatic heterocycles. The smallest absolute Gasteiger partial charge is 0.338 e. The molecule has 0 saturated heterocycles. The summed E-state index contributed by atoms with van der Waals surface area (Å²) in [6.45, 7) is 0.778. The fraction of sp³-hybridized carbons (Fsp3) is 0.231. The van der Waals surface area contributed by atoms with Crippen LogP contribution in [0.5, 0.6) is 0 Å². The first-order valence-corrected chi connectivity index (χ1v) is 5.54. The van der Waals surface area contributed by atoms with E-state index in [1.165, 1.54) is 12.3 Å². The summed E-state index contributed by atoms with van der Waals surface area (Å²) in [7, 11) is 0. The lowest BCUT2D eigenvalue weighted by atomic mass is 10.3. The zero-order chi connectivity index (χ0) is 12.8. The number of carboxylic acid groups (broad SMARTS) is 1. The van der Waals surface area contributed by atoms with E-state index in [1.807, 2.05) is 18.2 Å². The molecule has 0 amide bonds. The van der Waals surface area contributed by atoms with Crippen LogP contribution in [0.4, 0.5) is 0 Å². The van der Waals surface area contributed by atoms with Crippen molar-refractivity contribution in [2.24, 2.45) is 0 Å². The van der Waals surface area contributed by atoms with Gasteiger partial charge in [0.25, 0.3) is 0 Å². The zero-order valence-corrected chi connectivity index (χ0v) is 9.70. The summed E-state index contributed by atoms with van der Waals surface area (Å²) < 4.78 is 10.4. The average molecular weight is 247 g/mol. The number of hydrogen-bond donors (Lipinski definition) is 1. The van der Waals surface area contributed by atoms with Crippen molar-refractivity contribution in [2.45, 2.75) is 13.0 Å². The van der Waals surface area contributed by atoms with Crippen molar-refractivity contribution in [1.82, 2.24) is 4.98 Å². The van der Waals surface area contributed by atoms with E-state index in [0.29, 0.717) is 18.8 Å². The van der Waals surface area contributed by atoms with Crippen LogP contribution in [0.15, 0.2) is 41.1 Å². The third-order valence-corrected chi connectivity index (χ3v) is 2.37. The summed E-state index contributed by atoms with van der Waals surface area (Å²) in [5.41, 5.74) is 1.10. The summed E-state index contributed by atoms with van der Waals surface area (Å²) in [5, 5.41) is 8.71. The number of furan rings is 1. The summed E-state index contributed by atoms with van der Waals surface area (Å²) in [6, 6.07) is 7.18. The highest BCUT2D eigenvalue weighted by Crippen LogP contribution is 2.09. The van der Waals surface area contributed by atoms with Crippen LogP contribution in [-0.4, -0.2) is 22.7 Å². The lowest BCUT2D eigenvalue weighted by molar-refractivity contribution is 0.0696. The van der Waals surface area contributed by atoms with Crippen LogP contribution in [0, 0.1) is 0 Å². The van der Waals surface area contributed by atoms with E-state index in [2.05, 4.69) is 4.98 Å². The monoisotopic (exact) mass is 247 g/mol. The number of carbonyl (C=O) groups is 1. The number of ether oxygens (including phenoxy) is 1. The minimum Gasteiger partial charge on any atom is -0.478 e. The Balaban J connectivity index is 1.73. The van der Waals surface area contributed by atoms with Crippen LogP contribution in [0.3, 0.4) is 0 Å². The van der Waals surface area contributed by atoms with E-state index >= 15 is 0 Å². The Morgan fingerprint density at radius 1 is 1.44 bits per heavy atom. The molecule has 0 spiro atoms. The first-order valence-electron chi connectivity index (χ1n) is 5.54. The van der Waals surface area contributed by atoms with Gasteiger partial charge in [0.05, 0.1) is 12.2 Å². The molecule has 0 aliphatic carbocycles. The Labute approximate surface area is 104 Å². The molecule has 0 fully saturated rings. The first-order chi connectivity index (χ1) is 8.75. The van der Waals surface area contributed by atoms with Gasteiger partial charge in [-0.3, -0.25) is 4.98 Å². The first kappa shape index (κ1) is 12.3. The lowest BCUT2D eigenvalue weighted by Crippen LogP contribution is -2.00. The average Bonchev–Trinajstić information content (AvgIpc) is 2.85. The van der Waals surface area contributed by atoms with Crippen LogP contribution >= 0.6 is 0 Å². The molecule has 2 rings (SSSR count). The van der Waals surface area contributed by atoms with Crippen LogP contribution in [0.2, 0.25) is 0 Å². The van der Waals surface area contributed by atoms with Crippen molar-refractivity contribution in [3.63, 3.8) is 0 Å². The topological polar surface area (TPSA) is 72.6 Å². The van der Waals surface area contributed by atoms with Crippen LogP contribution in [0.25, 0.3) is 0 Å². The quantitative estimate of drug-likeness (QED) is 0.791. The molecule has 0 radical (unpaired) electrons. The lowest BCUT2D eigenvalue weighted by Gasteiger charge is -2.01. The van der Waals surface area contributed by atoms with Gasteiger partial charge in [-0.05, 0) is 18.2 Å². The molecule has 0 aromatic carbocycles. The zero-order valence-electron chi connectivity index (χ0n) is 9.70. The maximum atomic E-state index is 10.6. The third kappa shape index (κ3) is 3.43. The minimum atomic E-state index is -1.00. The minimum absolute atomic E-state index is 0.137. The molecule has 2 heterocycles. The van der Waals surface area contributed by atoms with Gasteiger partial charge in [0.15, 0.2) is 0 Å². The Hall–Kier alpha value is -2.14. The number of aromatic carboxylic acids is 1. The van der Waals surface area contributed by atoms with Gasteiger partial charge >= 0.3 is 5.97 Å². The van der Waals surface area contributed by atoms with E-state index in [4.69, 9.17) is 14.3 Å². The Bertz CT molecular complexity index is 507. The second-order valence-corrected chi connectivity index (χ2v) is 3.73. The van der Waals surface area contributed by atoms with E-state index in [0.717, 1.165) is 5.69 Å². The van der Waals surface area contributed by atoms with Gasteiger partial charge in [-0.25, -0.2) is 4.79 Å². The van der Waals surface area contributed by atoms with Crippen molar-refractivity contribution in [2.75, 3.05) is 6.61 Å². The van der Waals surface area contributed by atoms with Gasteiger partial charge in [-0.1, -0.05) is 6.07 Å². The normalized spacial score (nSPS) is 10.4. The molecule has 2 aromatic heterocycles. The van der Waals surface area contributed by atoms with Crippen LogP contribution in [-0.2, 0) is 17.8 Å². The standard InChI is InChI=1S/C13H13NO4/c15-13(16)10-7-12(18-8-10)9-17-6-4-11-3-1-2-5-14-11/h1-3,5,7-8H,4,6,9H2,(H,15,16). The molecule has 5 nitrogen and oxygen atoms in total. The highest BCUT2D eigenvalue weighted by atomic mass is 16.5. The van der Waals surface area contributed by atoms with Crippen LogP contribution in [0.1, 0.15) is 21.8 Å². The van der Waals surface area contributed by atoms with Gasteiger partial charge < -0.3 is 14.3 Å². The van der Waals surface area contributed by atoms with E-state index < -0.39 is 5.97 Å². The van der Waals surface area contributed by atoms with E-state index in [9.17, 15) is 4.79 Å². The Kier molecular flexibility index (Phi) is 4.09. The molecule has 2 aromatic rings. The number of carboxylic acids is 1. The molecular formula is C13H13NO4. The Morgan fingerprint density at radius 2 is 2.33 bits per heavy atom. The number of pyridine rings is 1. The fourth-order valence-electron chi connectivity index (χ4n) is 1.46. The molecule has 0 unspecified atom stereocenters. The highest BCUT2D eigenvalue weighted by Gasteiger charge is 2.07. The van der Waals surface area contributed by atoms with Crippen molar-refractivity contribution in [1.29, 1.82) is 0 Å². The van der Waals surface area contributed by atoms with Crippen molar-refractivity contribution < 1.29 is 19.1 Å². The molecular weight excluding hydrogens is 234 g/mol. The predicted octanol–water partition coefficient (Wildman–Crippen LogP) is 2.13. The SMILES string of the molecule is O=C(O)c1coc(COCCc2ccccn2)c1. The molecule has 5 heteroatoms. The molecule has 94 valence electrons. The van der Waals surface area contributed by atoms with Crippen LogP contribution < -0.4 is 0 Å². The summed E-state index contributed by atoms with van der Waals surface area (Å²) in [4.78, 5) is 14.8. The largest absolute Gasteiger partial charge is 0.478 e. The van der Waals surface area contributed by atoms with Crippen molar-refractivity contribution in [3.05, 3.63) is 53.7 Å². The molecule has 0 aliphatic rings. The molecule has 0 atom stereocenters. The van der Waals surface area contributed by atoms with Gasteiger partial charge in [-0.2, -0.15) is 0 Å². The van der Waals surface area contributed by atoms with E-state index in [1.54, 1.807) is 6.20 Å². The fourth-order valence-corrected chi connectivity index (χ4v) is 1.46. The second kappa shape index (κ2) is 5.97. The summed E-state index contributed by atoms with van der Waals surface area (Å²) >= 11 is 0. The van der Waals surface area contributed by atoms with Crippen molar-refractivity contribution >= 4 is 5.97 Å². The number of hydrogen-bond acceptors (Lipinski definition) is 4. The van der Waals surface area contributed by atoms with Crippen molar-refractivity contribution in [3.8, 4) is 0 Å². The molecule has 18 heavy (non-hydrogen) atoms. The third-order valence-electron chi connectivity index (χ3n) is 2.37. The molecule has 1 N–H and O–H groups in total. The summed E-state index contributed by atoms with van der Waals surface area (Å²) in [6.07, 6.45) is 3.66. The summed E-state index contributed by atoms with van der Waals surface area (Å²) in [5.74, 6) is -0.494. The predicted molar refractivity (Wildman–Crippen MR) is 63.3 cm³/mol. The van der Waals surface area contributed by atoms with Gasteiger partial charge in [0.2, 0.25) is 0 Å². The number of aromatic nitrogens is 1. The molecule has 0 saturated carbocycles. The van der Waals surface area contributed by atoms with Gasteiger partial charge in [0, 0.05) is 18.3 Å². The Morgan fingerprint density at radius 3 is 3.00 bits per heavy atom. The van der Waals surface area contributed by atoms with Gasteiger partial charge in [0.1, 0.15) is 18.6 Å².